The number of sulfonamides is 1. The molecule has 144 valence electrons. The van der Waals surface area contributed by atoms with Gasteiger partial charge >= 0.3 is 5.69 Å². The van der Waals surface area contributed by atoms with Crippen molar-refractivity contribution in [3.8, 4) is 0 Å². The van der Waals surface area contributed by atoms with Gasteiger partial charge in [-0.05, 0) is 24.6 Å². The first-order chi connectivity index (χ1) is 12.8. The Labute approximate surface area is 156 Å². The van der Waals surface area contributed by atoms with E-state index in [2.05, 4.69) is 9.82 Å². The molecule has 2 aromatic heterocycles. The Morgan fingerprint density at radius 1 is 1.19 bits per heavy atom. The van der Waals surface area contributed by atoms with Gasteiger partial charge in [-0.15, -0.1) is 0 Å². The molecular formula is C17H21N5O4S. The van der Waals surface area contributed by atoms with Crippen LogP contribution in [-0.4, -0.2) is 40.0 Å². The number of benzene rings is 1. The lowest BCUT2D eigenvalue weighted by molar-refractivity contribution is 0.102. The van der Waals surface area contributed by atoms with Gasteiger partial charge in [-0.25, -0.2) is 17.9 Å². The lowest BCUT2D eigenvalue weighted by Gasteiger charge is -2.19. The van der Waals surface area contributed by atoms with Crippen molar-refractivity contribution in [3.05, 3.63) is 46.6 Å². The van der Waals surface area contributed by atoms with Gasteiger partial charge in [-0.3, -0.25) is 13.8 Å². The van der Waals surface area contributed by atoms with Crippen LogP contribution in [0.15, 0.2) is 40.3 Å². The minimum atomic E-state index is -3.77. The zero-order valence-corrected chi connectivity index (χ0v) is 16.1. The van der Waals surface area contributed by atoms with Gasteiger partial charge in [0.15, 0.2) is 0 Å². The summed E-state index contributed by atoms with van der Waals surface area (Å²) in [5, 5.41) is 4.13. The lowest BCUT2D eigenvalue weighted by Crippen LogP contribution is -2.36. The van der Waals surface area contributed by atoms with Gasteiger partial charge in [0.05, 0.1) is 28.2 Å². The van der Waals surface area contributed by atoms with Crippen molar-refractivity contribution in [2.45, 2.75) is 23.5 Å². The van der Waals surface area contributed by atoms with Crippen LogP contribution in [0.5, 0.6) is 0 Å². The van der Waals surface area contributed by atoms with E-state index in [-0.39, 0.29) is 22.7 Å². The first-order valence-corrected chi connectivity index (χ1v) is 10.0. The lowest BCUT2D eigenvalue weighted by atomic mass is 10.1. The largest absolute Gasteiger partial charge is 0.372 e. The van der Waals surface area contributed by atoms with Gasteiger partial charge in [0.2, 0.25) is 10.0 Å². The van der Waals surface area contributed by atoms with Gasteiger partial charge in [0.1, 0.15) is 6.10 Å². The molecule has 3 heterocycles. The molecule has 1 N–H and O–H groups in total. The Morgan fingerprint density at radius 3 is 2.63 bits per heavy atom. The number of aromatic nitrogens is 4. The molecule has 27 heavy (non-hydrogen) atoms. The van der Waals surface area contributed by atoms with E-state index in [4.69, 9.17) is 4.74 Å². The molecule has 0 aliphatic carbocycles. The van der Waals surface area contributed by atoms with Gasteiger partial charge in [0, 0.05) is 39.5 Å². The molecule has 1 saturated heterocycles. The fourth-order valence-corrected chi connectivity index (χ4v) is 4.84. The Balaban J connectivity index is 1.66. The van der Waals surface area contributed by atoms with E-state index < -0.39 is 10.0 Å². The Kier molecular flexibility index (Phi) is 4.21. The molecule has 2 atom stereocenters. The maximum atomic E-state index is 12.9. The summed E-state index contributed by atoms with van der Waals surface area (Å²) in [5.41, 5.74) is 1.88. The highest BCUT2D eigenvalue weighted by molar-refractivity contribution is 7.89. The topological polar surface area (TPSA) is 100 Å². The summed E-state index contributed by atoms with van der Waals surface area (Å²) in [6, 6.07) is 4.30. The molecule has 0 radical (unpaired) electrons. The first kappa shape index (κ1) is 18.0. The standard InChI is InChI=1S/C17H21N5O4S/c1-20-10-11(9-18-20)16-13(6-7-26-16)19-27(24,25)12-4-5-14-15(8-12)22(3)17(23)21(14)2/h4-5,8-10,13,16,19H,6-7H2,1-3H3/t13-,16+/m0/s1. The second kappa shape index (κ2) is 6.32. The second-order valence-corrected chi connectivity index (χ2v) is 8.52. The number of hydrogen-bond donors (Lipinski definition) is 1. The predicted molar refractivity (Wildman–Crippen MR) is 98.8 cm³/mol. The smallest absolute Gasteiger partial charge is 0.328 e. The summed E-state index contributed by atoms with van der Waals surface area (Å²) >= 11 is 0. The number of aryl methyl sites for hydroxylation is 3. The van der Waals surface area contributed by atoms with E-state index in [9.17, 15) is 13.2 Å². The summed E-state index contributed by atoms with van der Waals surface area (Å²) in [7, 11) is 1.31. The minimum absolute atomic E-state index is 0.119. The van der Waals surface area contributed by atoms with Crippen molar-refractivity contribution < 1.29 is 13.2 Å². The van der Waals surface area contributed by atoms with Crippen LogP contribution in [0.2, 0.25) is 0 Å². The fourth-order valence-electron chi connectivity index (χ4n) is 3.55. The van der Waals surface area contributed by atoms with E-state index in [0.717, 1.165) is 5.56 Å². The molecular weight excluding hydrogens is 370 g/mol. The second-order valence-electron chi connectivity index (χ2n) is 6.81. The molecule has 1 fully saturated rings. The van der Waals surface area contributed by atoms with Crippen molar-refractivity contribution in [1.29, 1.82) is 0 Å². The van der Waals surface area contributed by atoms with Crippen molar-refractivity contribution in [3.63, 3.8) is 0 Å². The number of nitrogens with zero attached hydrogens (tertiary/aromatic N) is 4. The van der Waals surface area contributed by atoms with Crippen LogP contribution in [0.3, 0.4) is 0 Å². The molecule has 0 unspecified atom stereocenters. The summed E-state index contributed by atoms with van der Waals surface area (Å²) in [6.07, 6.45) is 3.70. The fraction of sp³-hybridized carbons (Fsp3) is 0.412. The molecule has 0 amide bonds. The summed E-state index contributed by atoms with van der Waals surface area (Å²) in [4.78, 5) is 12.2. The highest BCUT2D eigenvalue weighted by Crippen LogP contribution is 2.30. The molecule has 4 rings (SSSR count). The highest BCUT2D eigenvalue weighted by atomic mass is 32.2. The number of nitrogens with one attached hydrogen (secondary N) is 1. The Hall–Kier alpha value is -2.43. The third kappa shape index (κ3) is 2.99. The molecule has 9 nitrogen and oxygen atoms in total. The number of hydrogen-bond acceptors (Lipinski definition) is 5. The van der Waals surface area contributed by atoms with E-state index >= 15 is 0 Å². The van der Waals surface area contributed by atoms with Gasteiger partial charge < -0.3 is 4.74 Å². The molecule has 1 aliphatic rings. The molecule has 0 spiro atoms. The van der Waals surface area contributed by atoms with Crippen LogP contribution in [0.1, 0.15) is 18.1 Å². The van der Waals surface area contributed by atoms with Crippen LogP contribution in [0, 0.1) is 0 Å². The van der Waals surface area contributed by atoms with Crippen molar-refractivity contribution in [2.75, 3.05) is 6.61 Å². The zero-order valence-electron chi connectivity index (χ0n) is 15.3. The minimum Gasteiger partial charge on any atom is -0.372 e. The monoisotopic (exact) mass is 391 g/mol. The van der Waals surface area contributed by atoms with E-state index in [1.807, 2.05) is 6.20 Å². The maximum Gasteiger partial charge on any atom is 0.328 e. The zero-order chi connectivity index (χ0) is 19.3. The average molecular weight is 391 g/mol. The molecule has 10 heteroatoms. The van der Waals surface area contributed by atoms with E-state index in [1.165, 1.54) is 21.3 Å². The van der Waals surface area contributed by atoms with Crippen molar-refractivity contribution in [2.24, 2.45) is 21.1 Å². The van der Waals surface area contributed by atoms with Gasteiger partial charge in [-0.1, -0.05) is 0 Å². The summed E-state index contributed by atoms with van der Waals surface area (Å²) in [6.45, 7) is 0.471. The van der Waals surface area contributed by atoms with E-state index in [0.29, 0.717) is 24.1 Å². The highest BCUT2D eigenvalue weighted by Gasteiger charge is 2.34. The maximum absolute atomic E-state index is 12.9. The van der Waals surface area contributed by atoms with E-state index in [1.54, 1.807) is 38.1 Å². The Morgan fingerprint density at radius 2 is 1.93 bits per heavy atom. The molecule has 0 saturated carbocycles. The number of imidazole rings is 1. The molecule has 1 aliphatic heterocycles. The normalized spacial score (nSPS) is 20.6. The average Bonchev–Trinajstić information content (AvgIpc) is 3.31. The molecule has 3 aromatic rings. The van der Waals surface area contributed by atoms with Crippen LogP contribution in [0.25, 0.3) is 11.0 Å². The van der Waals surface area contributed by atoms with Crippen LogP contribution >= 0.6 is 0 Å². The van der Waals surface area contributed by atoms with Crippen LogP contribution < -0.4 is 10.4 Å². The number of fused-ring (bicyclic) bond motifs is 1. The third-order valence-corrected chi connectivity index (χ3v) is 6.49. The number of ether oxygens (including phenoxy) is 1. The SMILES string of the molecule is Cn1cc([C@H]2OCC[C@@H]2NS(=O)(=O)c2ccc3c(c2)n(C)c(=O)n3C)cn1. The van der Waals surface area contributed by atoms with Crippen molar-refractivity contribution in [1.82, 2.24) is 23.6 Å². The van der Waals surface area contributed by atoms with Gasteiger partial charge in [-0.2, -0.15) is 5.10 Å². The van der Waals surface area contributed by atoms with Crippen LogP contribution in [-0.2, 0) is 35.9 Å². The van der Waals surface area contributed by atoms with Crippen LogP contribution in [0.4, 0.5) is 0 Å². The quantitative estimate of drug-likeness (QED) is 0.695. The molecule has 0 bridgehead atoms. The molecule has 1 aromatic carbocycles. The number of rotatable bonds is 4. The summed E-state index contributed by atoms with van der Waals surface area (Å²) < 4.78 is 38.9. The Bertz CT molecular complexity index is 1170. The van der Waals surface area contributed by atoms with Gasteiger partial charge in [0.25, 0.3) is 0 Å². The summed E-state index contributed by atoms with van der Waals surface area (Å²) in [5.74, 6) is 0. The predicted octanol–water partition coefficient (Wildman–Crippen LogP) is 0.419. The van der Waals surface area contributed by atoms with Crippen molar-refractivity contribution >= 4 is 21.1 Å². The first-order valence-electron chi connectivity index (χ1n) is 8.56. The third-order valence-electron chi connectivity index (χ3n) is 5.01.